The van der Waals surface area contributed by atoms with Gasteiger partial charge in [0.2, 0.25) is 0 Å². The number of nitrogens with zero attached hydrogens (tertiary/aromatic N) is 2. The molecular weight excluding hydrogens is 456 g/mol. The molecule has 0 unspecified atom stereocenters. The predicted octanol–water partition coefficient (Wildman–Crippen LogP) is 6.63. The summed E-state index contributed by atoms with van der Waals surface area (Å²) in [6.45, 7) is 2.90. The van der Waals surface area contributed by atoms with Gasteiger partial charge >= 0.3 is 11.9 Å². The van der Waals surface area contributed by atoms with Gasteiger partial charge in [-0.25, -0.2) is 14.3 Å². The van der Waals surface area contributed by atoms with E-state index in [0.717, 1.165) is 12.2 Å². The number of unbranched alkanes of at least 4 members (excludes halogenated alkanes) is 7. The summed E-state index contributed by atoms with van der Waals surface area (Å²) in [4.78, 5) is 25.4. The van der Waals surface area contributed by atoms with E-state index < -0.39 is 11.9 Å². The lowest BCUT2D eigenvalue weighted by Crippen LogP contribution is -2.15. The van der Waals surface area contributed by atoms with Gasteiger partial charge in [0.1, 0.15) is 17.0 Å². The van der Waals surface area contributed by atoms with Gasteiger partial charge in [0.25, 0.3) is 0 Å². The molecule has 0 aliphatic carbocycles. The topological polar surface area (TPSA) is 79.7 Å². The highest BCUT2D eigenvalue weighted by Gasteiger charge is 2.31. The van der Waals surface area contributed by atoms with Gasteiger partial charge in [-0.1, -0.05) is 70.1 Å². The molecule has 3 aromatic rings. The molecule has 2 aromatic carbocycles. The van der Waals surface area contributed by atoms with Gasteiger partial charge in [0, 0.05) is 5.56 Å². The van der Waals surface area contributed by atoms with E-state index in [4.69, 9.17) is 14.2 Å². The molecule has 0 fully saturated rings. The van der Waals surface area contributed by atoms with Crippen molar-refractivity contribution in [2.75, 3.05) is 20.8 Å². The molecule has 0 atom stereocenters. The van der Waals surface area contributed by atoms with Crippen LogP contribution in [0.15, 0.2) is 54.6 Å². The van der Waals surface area contributed by atoms with Crippen molar-refractivity contribution < 1.29 is 23.8 Å². The number of methoxy groups -OCH3 is 2. The zero-order valence-electron chi connectivity index (χ0n) is 21.5. The van der Waals surface area contributed by atoms with E-state index >= 15 is 0 Å². The Kier molecular flexibility index (Phi) is 10.5. The van der Waals surface area contributed by atoms with E-state index in [-0.39, 0.29) is 11.3 Å². The normalized spacial score (nSPS) is 10.8. The highest BCUT2D eigenvalue weighted by Crippen LogP contribution is 2.30. The number of ether oxygens (including phenoxy) is 3. The molecule has 192 valence electrons. The number of para-hydroxylation sites is 1. The zero-order valence-corrected chi connectivity index (χ0v) is 21.5. The molecule has 0 aliphatic heterocycles. The van der Waals surface area contributed by atoms with Crippen LogP contribution in [-0.2, 0) is 9.47 Å². The standard InChI is InChI=1S/C29H36N2O5/c1-4-5-6-7-8-9-10-14-21-36-24-19-17-22(18-20-24)26-25(28(32)34-2)27(29(33)35-3)31(30-26)23-15-12-11-13-16-23/h11-13,15-20H,4-10,14,21H2,1-3H3. The smallest absolute Gasteiger partial charge is 0.357 e. The number of rotatable bonds is 14. The van der Waals surface area contributed by atoms with Crippen LogP contribution in [0.4, 0.5) is 0 Å². The Bertz CT molecular complexity index is 1110. The largest absolute Gasteiger partial charge is 0.494 e. The molecular formula is C29H36N2O5. The zero-order chi connectivity index (χ0) is 25.8. The minimum atomic E-state index is -0.677. The quantitative estimate of drug-likeness (QED) is 0.186. The number of carbonyl (C=O) groups is 2. The maximum atomic E-state index is 12.8. The molecule has 0 saturated heterocycles. The summed E-state index contributed by atoms with van der Waals surface area (Å²) in [5, 5.41) is 4.62. The predicted molar refractivity (Wildman–Crippen MR) is 140 cm³/mol. The molecule has 0 amide bonds. The van der Waals surface area contributed by atoms with Gasteiger partial charge in [-0.15, -0.1) is 0 Å². The molecule has 0 saturated carbocycles. The second-order valence-electron chi connectivity index (χ2n) is 8.65. The SMILES string of the molecule is CCCCCCCCCCOc1ccc(-c2nn(-c3ccccc3)c(C(=O)OC)c2C(=O)OC)cc1. The third-order valence-corrected chi connectivity index (χ3v) is 6.05. The highest BCUT2D eigenvalue weighted by molar-refractivity contribution is 6.06. The second kappa shape index (κ2) is 14.1. The summed E-state index contributed by atoms with van der Waals surface area (Å²) < 4.78 is 17.3. The second-order valence-corrected chi connectivity index (χ2v) is 8.65. The number of carbonyl (C=O) groups excluding carboxylic acids is 2. The fourth-order valence-electron chi connectivity index (χ4n) is 4.09. The van der Waals surface area contributed by atoms with Crippen molar-refractivity contribution >= 4 is 11.9 Å². The third-order valence-electron chi connectivity index (χ3n) is 6.05. The monoisotopic (exact) mass is 492 g/mol. The van der Waals surface area contributed by atoms with Crippen molar-refractivity contribution in [1.29, 1.82) is 0 Å². The lowest BCUT2D eigenvalue weighted by molar-refractivity contribution is 0.0549. The molecule has 7 nitrogen and oxygen atoms in total. The summed E-state index contributed by atoms with van der Waals surface area (Å²) in [5.41, 5.74) is 1.69. The molecule has 0 aliphatic rings. The van der Waals surface area contributed by atoms with Crippen LogP contribution in [0, 0.1) is 0 Å². The number of hydrogen-bond acceptors (Lipinski definition) is 6. The van der Waals surface area contributed by atoms with E-state index in [1.54, 1.807) is 12.1 Å². The van der Waals surface area contributed by atoms with Gasteiger partial charge in [0.05, 0.1) is 26.5 Å². The van der Waals surface area contributed by atoms with E-state index in [2.05, 4.69) is 12.0 Å². The lowest BCUT2D eigenvalue weighted by Gasteiger charge is -2.08. The number of benzene rings is 2. The van der Waals surface area contributed by atoms with E-state index in [1.165, 1.54) is 63.8 Å². The van der Waals surface area contributed by atoms with Crippen LogP contribution in [0.1, 0.15) is 79.1 Å². The first kappa shape index (κ1) is 27.0. The van der Waals surface area contributed by atoms with Gasteiger partial charge in [-0.2, -0.15) is 5.10 Å². The number of hydrogen-bond donors (Lipinski definition) is 0. The molecule has 0 N–H and O–H groups in total. The van der Waals surface area contributed by atoms with Crippen LogP contribution < -0.4 is 4.74 Å². The number of aromatic nitrogens is 2. The van der Waals surface area contributed by atoms with Crippen molar-refractivity contribution in [2.45, 2.75) is 58.3 Å². The molecule has 36 heavy (non-hydrogen) atoms. The first-order valence-corrected chi connectivity index (χ1v) is 12.7. The van der Waals surface area contributed by atoms with Crippen molar-refractivity contribution in [3.63, 3.8) is 0 Å². The maximum absolute atomic E-state index is 12.8. The Morgan fingerprint density at radius 1 is 0.778 bits per heavy atom. The van der Waals surface area contributed by atoms with E-state index in [0.29, 0.717) is 23.6 Å². The van der Waals surface area contributed by atoms with E-state index in [1.807, 2.05) is 42.5 Å². The van der Waals surface area contributed by atoms with Gasteiger partial charge in [-0.05, 0) is 42.8 Å². The van der Waals surface area contributed by atoms with Crippen molar-refractivity contribution in [2.24, 2.45) is 0 Å². The van der Waals surface area contributed by atoms with Crippen molar-refractivity contribution in [1.82, 2.24) is 9.78 Å². The summed E-state index contributed by atoms with van der Waals surface area (Å²) >= 11 is 0. The first-order chi connectivity index (χ1) is 17.6. The highest BCUT2D eigenvalue weighted by atomic mass is 16.5. The Balaban J connectivity index is 1.74. The van der Waals surface area contributed by atoms with Crippen LogP contribution >= 0.6 is 0 Å². The molecule has 1 aromatic heterocycles. The fourth-order valence-corrected chi connectivity index (χ4v) is 4.09. The maximum Gasteiger partial charge on any atom is 0.357 e. The summed E-state index contributed by atoms with van der Waals surface area (Å²) in [6.07, 6.45) is 9.99. The fraction of sp³-hybridized carbons (Fsp3) is 0.414. The summed E-state index contributed by atoms with van der Waals surface area (Å²) in [6, 6.07) is 16.5. The Labute approximate surface area is 213 Å². The minimum Gasteiger partial charge on any atom is -0.494 e. The van der Waals surface area contributed by atoms with Crippen LogP contribution in [0.25, 0.3) is 16.9 Å². The Morgan fingerprint density at radius 2 is 1.39 bits per heavy atom. The van der Waals surface area contributed by atoms with E-state index in [9.17, 15) is 9.59 Å². The molecule has 7 heteroatoms. The van der Waals surface area contributed by atoms with Crippen molar-refractivity contribution in [3.8, 4) is 22.7 Å². The van der Waals surface area contributed by atoms with Gasteiger partial charge < -0.3 is 14.2 Å². The Morgan fingerprint density at radius 3 is 2.00 bits per heavy atom. The molecule has 0 bridgehead atoms. The molecule has 1 heterocycles. The minimum absolute atomic E-state index is 0.0144. The third kappa shape index (κ3) is 6.97. The van der Waals surface area contributed by atoms with Crippen LogP contribution in [0.5, 0.6) is 5.75 Å². The number of esters is 2. The van der Waals surface area contributed by atoms with Crippen LogP contribution in [0.2, 0.25) is 0 Å². The summed E-state index contributed by atoms with van der Waals surface area (Å²) in [7, 11) is 2.54. The lowest BCUT2D eigenvalue weighted by atomic mass is 10.1. The van der Waals surface area contributed by atoms with Crippen molar-refractivity contribution in [3.05, 3.63) is 65.9 Å². The molecule has 0 radical (unpaired) electrons. The Hall–Kier alpha value is -3.61. The molecule has 3 rings (SSSR count). The summed E-state index contributed by atoms with van der Waals surface area (Å²) in [5.74, 6) is -0.595. The molecule has 0 spiro atoms. The van der Waals surface area contributed by atoms with Crippen LogP contribution in [-0.4, -0.2) is 42.5 Å². The average molecular weight is 493 g/mol. The van der Waals surface area contributed by atoms with Gasteiger partial charge in [-0.3, -0.25) is 0 Å². The average Bonchev–Trinajstić information content (AvgIpc) is 3.33. The van der Waals surface area contributed by atoms with Crippen LogP contribution in [0.3, 0.4) is 0 Å². The van der Waals surface area contributed by atoms with Gasteiger partial charge in [0.15, 0.2) is 5.69 Å². The first-order valence-electron chi connectivity index (χ1n) is 12.7.